The number of thiocarbonyl (C=S) groups is 1. The van der Waals surface area contributed by atoms with Crippen molar-refractivity contribution >= 4 is 29.0 Å². The van der Waals surface area contributed by atoms with E-state index < -0.39 is 6.04 Å². The van der Waals surface area contributed by atoms with E-state index in [1.54, 1.807) is 14.2 Å². The Kier molecular flexibility index (Phi) is 6.85. The maximum atomic E-state index is 13.2. The van der Waals surface area contributed by atoms with Gasteiger partial charge in [0.05, 0.1) is 37.6 Å². The van der Waals surface area contributed by atoms with Crippen LogP contribution in [-0.4, -0.2) is 31.4 Å². The highest BCUT2D eigenvalue weighted by atomic mass is 32.1. The van der Waals surface area contributed by atoms with Crippen LogP contribution in [0.5, 0.6) is 11.5 Å². The number of nitrogens with zero attached hydrogens (tertiary/aromatic N) is 1. The second kappa shape index (κ2) is 9.39. The van der Waals surface area contributed by atoms with Crippen molar-refractivity contribution in [3.63, 3.8) is 0 Å². The van der Waals surface area contributed by atoms with Crippen LogP contribution >= 0.6 is 12.2 Å². The van der Waals surface area contributed by atoms with Gasteiger partial charge in [0.25, 0.3) is 0 Å². The highest BCUT2D eigenvalue weighted by Gasteiger charge is 2.36. The Labute approximate surface area is 188 Å². The molecule has 0 fully saturated rings. The first-order valence-corrected chi connectivity index (χ1v) is 10.5. The quantitative estimate of drug-likeness (QED) is 0.517. The predicted molar refractivity (Wildman–Crippen MR) is 126 cm³/mol. The number of carbonyl (C=O) groups excluding carboxylic acids is 1. The molecule has 0 saturated carbocycles. The summed E-state index contributed by atoms with van der Waals surface area (Å²) in [5, 5.41) is 3.82. The van der Waals surface area contributed by atoms with Gasteiger partial charge in [-0.25, -0.2) is 4.79 Å². The van der Waals surface area contributed by atoms with Crippen LogP contribution in [0, 0.1) is 6.92 Å². The van der Waals surface area contributed by atoms with Gasteiger partial charge >= 0.3 is 5.97 Å². The second-order valence-corrected chi connectivity index (χ2v) is 8.01. The Morgan fingerprint density at radius 3 is 2.39 bits per heavy atom. The Balaban J connectivity index is 2.15. The Hall–Kier alpha value is -3.06. The van der Waals surface area contributed by atoms with Crippen molar-refractivity contribution in [1.82, 2.24) is 5.32 Å². The summed E-state index contributed by atoms with van der Waals surface area (Å²) in [6.07, 6.45) is -0.241. The van der Waals surface area contributed by atoms with E-state index in [0.717, 1.165) is 16.8 Å². The Bertz CT molecular complexity index is 1030. The largest absolute Gasteiger partial charge is 0.493 e. The van der Waals surface area contributed by atoms with Gasteiger partial charge in [-0.1, -0.05) is 29.8 Å². The van der Waals surface area contributed by atoms with E-state index in [9.17, 15) is 4.79 Å². The zero-order chi connectivity index (χ0) is 22.7. The van der Waals surface area contributed by atoms with Gasteiger partial charge in [-0.05, 0) is 57.6 Å². The summed E-state index contributed by atoms with van der Waals surface area (Å²) in [6, 6.07) is 13.1. The minimum absolute atomic E-state index is 0.241. The molecule has 6 nitrogen and oxygen atoms in total. The van der Waals surface area contributed by atoms with Crippen molar-refractivity contribution in [3.05, 3.63) is 64.9 Å². The van der Waals surface area contributed by atoms with Crippen molar-refractivity contribution in [2.24, 2.45) is 0 Å². The van der Waals surface area contributed by atoms with E-state index in [2.05, 4.69) is 5.32 Å². The molecule has 1 heterocycles. The van der Waals surface area contributed by atoms with Gasteiger partial charge in [0.15, 0.2) is 16.6 Å². The van der Waals surface area contributed by atoms with E-state index in [1.165, 1.54) is 0 Å². The van der Waals surface area contributed by atoms with Crippen molar-refractivity contribution in [2.45, 2.75) is 39.8 Å². The molecule has 1 atom stereocenters. The summed E-state index contributed by atoms with van der Waals surface area (Å²) in [4.78, 5) is 15.0. The Morgan fingerprint density at radius 2 is 1.77 bits per heavy atom. The maximum absolute atomic E-state index is 13.2. The first-order chi connectivity index (χ1) is 14.8. The monoisotopic (exact) mass is 440 g/mol. The fraction of sp³-hybridized carbons (Fsp3) is 0.333. The second-order valence-electron chi connectivity index (χ2n) is 7.62. The summed E-state index contributed by atoms with van der Waals surface area (Å²) >= 11 is 5.72. The summed E-state index contributed by atoms with van der Waals surface area (Å²) in [7, 11) is 3.17. The molecule has 31 heavy (non-hydrogen) atoms. The third-order valence-electron chi connectivity index (χ3n) is 5.05. The van der Waals surface area contributed by atoms with Gasteiger partial charge in [0, 0.05) is 11.8 Å². The molecule has 1 N–H and O–H groups in total. The first-order valence-electron chi connectivity index (χ1n) is 10.1. The molecule has 1 unspecified atom stereocenters. The van der Waals surface area contributed by atoms with Crippen LogP contribution in [0.15, 0.2) is 53.7 Å². The lowest BCUT2D eigenvalue weighted by atomic mass is 9.93. The lowest BCUT2D eigenvalue weighted by Crippen LogP contribution is -2.48. The maximum Gasteiger partial charge on any atom is 0.338 e. The van der Waals surface area contributed by atoms with Crippen LogP contribution in [0.3, 0.4) is 0 Å². The van der Waals surface area contributed by atoms with Crippen molar-refractivity contribution in [3.8, 4) is 11.5 Å². The van der Waals surface area contributed by atoms with Gasteiger partial charge in [-0.2, -0.15) is 0 Å². The highest BCUT2D eigenvalue weighted by molar-refractivity contribution is 7.80. The Morgan fingerprint density at radius 1 is 1.06 bits per heavy atom. The average molecular weight is 441 g/mol. The minimum Gasteiger partial charge on any atom is -0.493 e. The molecule has 0 bridgehead atoms. The number of methoxy groups -OCH3 is 2. The van der Waals surface area contributed by atoms with E-state index in [1.807, 2.05) is 75.1 Å². The number of benzene rings is 2. The van der Waals surface area contributed by atoms with E-state index in [4.69, 9.17) is 26.4 Å². The van der Waals surface area contributed by atoms with Crippen LogP contribution in [0.4, 0.5) is 5.69 Å². The molecule has 3 rings (SSSR count). The zero-order valence-electron chi connectivity index (χ0n) is 18.7. The van der Waals surface area contributed by atoms with Crippen molar-refractivity contribution in [2.75, 3.05) is 19.1 Å². The molecular formula is C24H28N2O4S. The molecule has 0 radical (unpaired) electrons. The lowest BCUT2D eigenvalue weighted by molar-refractivity contribution is -0.143. The number of ether oxygens (including phenoxy) is 3. The summed E-state index contributed by atoms with van der Waals surface area (Å²) in [5.41, 5.74) is 4.02. The molecule has 0 saturated heterocycles. The standard InChI is InChI=1S/C24H28N2O4S/c1-14(2)30-23(27)21-16(4)26(18-10-11-19(28-5)20(13-18)29-6)24(31)25-22(21)17-9-7-8-15(3)12-17/h7-14,22H,1-6H3,(H,25,31). The lowest BCUT2D eigenvalue weighted by Gasteiger charge is -2.38. The predicted octanol–water partition coefficient (Wildman–Crippen LogP) is 4.67. The summed E-state index contributed by atoms with van der Waals surface area (Å²) < 4.78 is 16.4. The number of aryl methyl sites for hydroxylation is 1. The number of hydrogen-bond donors (Lipinski definition) is 1. The number of esters is 1. The van der Waals surface area contributed by atoms with Gasteiger partial charge in [-0.15, -0.1) is 0 Å². The highest BCUT2D eigenvalue weighted by Crippen LogP contribution is 2.38. The van der Waals surface area contributed by atoms with Crippen molar-refractivity contribution < 1.29 is 19.0 Å². The van der Waals surface area contributed by atoms with E-state index in [-0.39, 0.29) is 12.1 Å². The first kappa shape index (κ1) is 22.6. The third kappa shape index (κ3) is 4.66. The number of anilines is 1. The van der Waals surface area contributed by atoms with Crippen LogP contribution in [0.25, 0.3) is 0 Å². The van der Waals surface area contributed by atoms with Crippen LogP contribution in [0.2, 0.25) is 0 Å². The molecule has 0 spiro atoms. The van der Waals surface area contributed by atoms with E-state index >= 15 is 0 Å². The minimum atomic E-state index is -0.407. The molecule has 1 aliphatic heterocycles. The molecule has 7 heteroatoms. The fourth-order valence-electron chi connectivity index (χ4n) is 3.66. The summed E-state index contributed by atoms with van der Waals surface area (Å²) in [5.74, 6) is 0.808. The number of carbonyl (C=O) groups is 1. The fourth-order valence-corrected chi connectivity index (χ4v) is 4.02. The molecule has 1 aliphatic rings. The van der Waals surface area contributed by atoms with Gasteiger partial charge < -0.3 is 19.5 Å². The third-order valence-corrected chi connectivity index (χ3v) is 5.35. The number of nitrogens with one attached hydrogen (secondary N) is 1. The SMILES string of the molecule is COc1ccc(N2C(=S)NC(c3cccc(C)c3)C(C(=O)OC(C)C)=C2C)cc1OC. The molecule has 2 aromatic carbocycles. The molecule has 0 aromatic heterocycles. The normalized spacial score (nSPS) is 16.3. The topological polar surface area (TPSA) is 60.0 Å². The number of hydrogen-bond acceptors (Lipinski definition) is 5. The van der Waals surface area contributed by atoms with Gasteiger partial charge in [0.2, 0.25) is 0 Å². The average Bonchev–Trinajstić information content (AvgIpc) is 2.72. The molecule has 164 valence electrons. The summed E-state index contributed by atoms with van der Waals surface area (Å²) in [6.45, 7) is 7.57. The van der Waals surface area contributed by atoms with Crippen LogP contribution in [0.1, 0.15) is 37.9 Å². The van der Waals surface area contributed by atoms with Crippen LogP contribution in [-0.2, 0) is 9.53 Å². The molecule has 2 aromatic rings. The van der Waals surface area contributed by atoms with Crippen LogP contribution < -0.4 is 19.7 Å². The molecule has 0 aliphatic carbocycles. The van der Waals surface area contributed by atoms with Crippen molar-refractivity contribution in [1.29, 1.82) is 0 Å². The van der Waals surface area contributed by atoms with Gasteiger partial charge in [-0.3, -0.25) is 4.90 Å². The number of allylic oxidation sites excluding steroid dienone is 1. The number of rotatable bonds is 6. The van der Waals surface area contributed by atoms with E-state index in [0.29, 0.717) is 27.9 Å². The van der Waals surface area contributed by atoms with Gasteiger partial charge in [0.1, 0.15) is 0 Å². The molecule has 0 amide bonds. The smallest absolute Gasteiger partial charge is 0.338 e. The molecular weight excluding hydrogens is 412 g/mol. The zero-order valence-corrected chi connectivity index (χ0v) is 19.5.